The van der Waals surface area contributed by atoms with Crippen molar-refractivity contribution in [1.29, 1.82) is 0 Å². The van der Waals surface area contributed by atoms with E-state index in [4.69, 9.17) is 0 Å². The van der Waals surface area contributed by atoms with Crippen LogP contribution in [0.3, 0.4) is 0 Å². The monoisotopic (exact) mass is 480 g/mol. The first-order valence-corrected chi connectivity index (χ1v) is 11.9. The molecule has 33 heavy (non-hydrogen) atoms. The smallest absolute Gasteiger partial charge is 0.254 e. The molecule has 0 unspecified atom stereocenters. The topological polar surface area (TPSA) is 98.8 Å². The average Bonchev–Trinajstić information content (AvgIpc) is 2.77. The molecule has 2 aromatic rings. The second-order valence-electron chi connectivity index (χ2n) is 7.76. The van der Waals surface area contributed by atoms with Gasteiger partial charge in [0.2, 0.25) is 15.9 Å². The summed E-state index contributed by atoms with van der Waals surface area (Å²) in [7, 11) is -1.63. The summed E-state index contributed by atoms with van der Waals surface area (Å²) >= 11 is 0. The maximum absolute atomic E-state index is 13.6. The van der Waals surface area contributed by atoms with Crippen molar-refractivity contribution in [2.75, 3.05) is 45.1 Å². The Balaban J connectivity index is 1.44. The van der Waals surface area contributed by atoms with E-state index in [9.17, 15) is 26.8 Å². The lowest BCUT2D eigenvalue weighted by Gasteiger charge is -2.31. The number of nitrogens with zero attached hydrogens (tertiary/aromatic N) is 2. The van der Waals surface area contributed by atoms with Gasteiger partial charge in [0.05, 0.1) is 10.5 Å². The summed E-state index contributed by atoms with van der Waals surface area (Å²) in [5.74, 6) is -2.73. The molecule has 1 aliphatic heterocycles. The Morgan fingerprint density at radius 1 is 1.00 bits per heavy atom. The molecule has 0 atom stereocenters. The molecular weight excluding hydrogens is 454 g/mol. The van der Waals surface area contributed by atoms with Crippen LogP contribution in [0.5, 0.6) is 0 Å². The van der Waals surface area contributed by atoms with Gasteiger partial charge in [0.15, 0.2) is 0 Å². The summed E-state index contributed by atoms with van der Waals surface area (Å²) in [6.07, 6.45) is 0.393. The Hall–Kier alpha value is -2.89. The molecule has 11 heteroatoms. The summed E-state index contributed by atoms with van der Waals surface area (Å²) in [5.41, 5.74) is 0.183. The van der Waals surface area contributed by atoms with Gasteiger partial charge >= 0.3 is 0 Å². The number of anilines is 1. The predicted molar refractivity (Wildman–Crippen MR) is 119 cm³/mol. The van der Waals surface area contributed by atoms with E-state index in [-0.39, 0.29) is 29.3 Å². The van der Waals surface area contributed by atoms with Crippen LogP contribution >= 0.6 is 0 Å². The van der Waals surface area contributed by atoms with Gasteiger partial charge in [0.1, 0.15) is 11.6 Å². The number of benzene rings is 2. The zero-order chi connectivity index (χ0) is 24.0. The second kappa shape index (κ2) is 10.8. The third-order valence-corrected chi connectivity index (χ3v) is 7.19. The predicted octanol–water partition coefficient (Wildman–Crippen LogP) is 2.05. The van der Waals surface area contributed by atoms with Crippen molar-refractivity contribution in [3.05, 3.63) is 59.7 Å². The van der Waals surface area contributed by atoms with Crippen LogP contribution in [0.15, 0.2) is 47.4 Å². The van der Waals surface area contributed by atoms with Crippen LogP contribution < -0.4 is 10.6 Å². The highest BCUT2D eigenvalue weighted by Crippen LogP contribution is 2.20. The van der Waals surface area contributed by atoms with Gasteiger partial charge in [-0.3, -0.25) is 9.59 Å². The first-order valence-electron chi connectivity index (χ1n) is 10.5. The molecule has 1 saturated heterocycles. The van der Waals surface area contributed by atoms with Crippen molar-refractivity contribution in [2.24, 2.45) is 0 Å². The Bertz CT molecular complexity index is 1100. The number of hydrogen-bond donors (Lipinski definition) is 2. The molecule has 2 N–H and O–H groups in total. The lowest BCUT2D eigenvalue weighted by molar-refractivity contribution is -0.116. The van der Waals surface area contributed by atoms with Gasteiger partial charge in [-0.15, -0.1) is 0 Å². The number of halogens is 2. The van der Waals surface area contributed by atoms with Crippen LogP contribution in [0.25, 0.3) is 0 Å². The highest BCUT2D eigenvalue weighted by molar-refractivity contribution is 7.89. The van der Waals surface area contributed by atoms with Crippen molar-refractivity contribution in [3.8, 4) is 0 Å². The molecule has 178 valence electrons. The number of nitrogens with one attached hydrogen (secondary N) is 2. The Morgan fingerprint density at radius 2 is 1.67 bits per heavy atom. The number of piperazine rings is 1. The molecule has 2 aromatic carbocycles. The van der Waals surface area contributed by atoms with E-state index in [1.807, 2.05) is 7.05 Å². The minimum atomic E-state index is -3.58. The molecule has 0 aliphatic carbocycles. The van der Waals surface area contributed by atoms with Crippen molar-refractivity contribution in [1.82, 2.24) is 14.5 Å². The third-order valence-electron chi connectivity index (χ3n) is 5.28. The minimum Gasteiger partial charge on any atom is -0.352 e. The highest BCUT2D eigenvalue weighted by Gasteiger charge is 2.27. The molecule has 0 spiro atoms. The van der Waals surface area contributed by atoms with Crippen LogP contribution in [0.1, 0.15) is 23.2 Å². The van der Waals surface area contributed by atoms with E-state index in [0.29, 0.717) is 44.4 Å². The minimum absolute atomic E-state index is 0.0908. The van der Waals surface area contributed by atoms with E-state index in [2.05, 4.69) is 15.5 Å². The molecule has 2 amide bonds. The summed E-state index contributed by atoms with van der Waals surface area (Å²) in [6, 6.07) is 8.65. The molecule has 1 aliphatic rings. The fourth-order valence-corrected chi connectivity index (χ4v) is 4.75. The van der Waals surface area contributed by atoms with E-state index in [0.717, 1.165) is 12.1 Å². The first-order chi connectivity index (χ1) is 15.7. The molecule has 1 fully saturated rings. The number of rotatable bonds is 8. The van der Waals surface area contributed by atoms with Crippen LogP contribution in [0, 0.1) is 11.6 Å². The van der Waals surface area contributed by atoms with Gasteiger partial charge in [0, 0.05) is 50.9 Å². The summed E-state index contributed by atoms with van der Waals surface area (Å²) in [5, 5.41) is 5.15. The number of carbonyl (C=O) groups is 2. The fourth-order valence-electron chi connectivity index (χ4n) is 3.33. The number of sulfonamides is 1. The number of likely N-dealkylation sites (N-methyl/N-ethyl adjacent to an activating group) is 1. The van der Waals surface area contributed by atoms with Crippen molar-refractivity contribution in [3.63, 3.8) is 0 Å². The molecule has 0 bridgehead atoms. The molecule has 3 rings (SSSR count). The lowest BCUT2D eigenvalue weighted by atomic mass is 10.2. The van der Waals surface area contributed by atoms with Gasteiger partial charge in [-0.25, -0.2) is 17.2 Å². The van der Waals surface area contributed by atoms with Crippen LogP contribution in [-0.2, 0) is 14.8 Å². The SMILES string of the molecule is CN1CCN(S(=O)(=O)c2ccc(NC(=O)CCCNC(=O)c3ccc(F)cc3F)cc2)CC1. The second-order valence-corrected chi connectivity index (χ2v) is 9.70. The molecule has 0 saturated carbocycles. The maximum Gasteiger partial charge on any atom is 0.254 e. The Labute approximate surface area is 191 Å². The molecule has 8 nitrogen and oxygen atoms in total. The van der Waals surface area contributed by atoms with E-state index in [1.165, 1.54) is 28.6 Å². The van der Waals surface area contributed by atoms with E-state index in [1.54, 1.807) is 0 Å². The average molecular weight is 481 g/mol. The molecule has 0 aromatic heterocycles. The largest absolute Gasteiger partial charge is 0.352 e. The fraction of sp³-hybridized carbons (Fsp3) is 0.364. The summed E-state index contributed by atoms with van der Waals surface area (Å²) in [4.78, 5) is 26.3. The van der Waals surface area contributed by atoms with E-state index >= 15 is 0 Å². The summed E-state index contributed by atoms with van der Waals surface area (Å²) < 4.78 is 53.4. The summed E-state index contributed by atoms with van der Waals surface area (Å²) in [6.45, 7) is 2.34. The van der Waals surface area contributed by atoms with Gasteiger partial charge in [-0.2, -0.15) is 4.31 Å². The zero-order valence-corrected chi connectivity index (χ0v) is 19.0. The van der Waals surface area contributed by atoms with Gasteiger partial charge in [-0.1, -0.05) is 0 Å². The lowest BCUT2D eigenvalue weighted by Crippen LogP contribution is -2.46. The maximum atomic E-state index is 13.6. The molecular formula is C22H26F2N4O4S. The standard InChI is InChI=1S/C22H26F2N4O4S/c1-27-11-13-28(14-12-27)33(31,32)18-7-5-17(6-8-18)26-21(29)3-2-10-25-22(30)19-9-4-16(23)15-20(19)24/h4-9,15H,2-3,10-14H2,1H3,(H,25,30)(H,26,29). The number of hydrogen-bond acceptors (Lipinski definition) is 5. The van der Waals surface area contributed by atoms with Crippen LogP contribution in [0.2, 0.25) is 0 Å². The normalized spacial score (nSPS) is 15.2. The molecule has 1 heterocycles. The van der Waals surface area contributed by atoms with Gasteiger partial charge < -0.3 is 15.5 Å². The van der Waals surface area contributed by atoms with E-state index < -0.39 is 27.6 Å². The third kappa shape index (κ3) is 6.56. The van der Waals surface area contributed by atoms with Crippen molar-refractivity contribution >= 4 is 27.5 Å². The van der Waals surface area contributed by atoms with Crippen LogP contribution in [0.4, 0.5) is 14.5 Å². The van der Waals surface area contributed by atoms with Crippen molar-refractivity contribution in [2.45, 2.75) is 17.7 Å². The highest BCUT2D eigenvalue weighted by atomic mass is 32.2. The van der Waals surface area contributed by atoms with Crippen LogP contribution in [-0.4, -0.2) is 69.2 Å². The van der Waals surface area contributed by atoms with Gasteiger partial charge in [-0.05, 0) is 49.9 Å². The zero-order valence-electron chi connectivity index (χ0n) is 18.2. The number of amides is 2. The Morgan fingerprint density at radius 3 is 2.30 bits per heavy atom. The quantitative estimate of drug-likeness (QED) is 0.564. The number of carbonyl (C=O) groups excluding carboxylic acids is 2. The first kappa shape index (κ1) is 24.7. The van der Waals surface area contributed by atoms with Gasteiger partial charge in [0.25, 0.3) is 5.91 Å². The Kier molecular flexibility index (Phi) is 8.11. The molecule has 0 radical (unpaired) electrons. The van der Waals surface area contributed by atoms with Crippen molar-refractivity contribution < 1.29 is 26.8 Å².